The minimum atomic E-state index is -4.39. The quantitative estimate of drug-likeness (QED) is 0.354. The van der Waals surface area contributed by atoms with Gasteiger partial charge in [-0.3, -0.25) is 9.48 Å². The highest BCUT2D eigenvalue weighted by atomic mass is 35.5. The van der Waals surface area contributed by atoms with Crippen molar-refractivity contribution in [2.75, 3.05) is 16.8 Å². The van der Waals surface area contributed by atoms with E-state index in [0.717, 1.165) is 10.2 Å². The van der Waals surface area contributed by atoms with Gasteiger partial charge in [-0.2, -0.15) is 23.5 Å². The second-order valence-electron chi connectivity index (χ2n) is 8.50. The van der Waals surface area contributed by atoms with Gasteiger partial charge in [0.15, 0.2) is 0 Å². The number of benzene rings is 1. The van der Waals surface area contributed by atoms with Crippen molar-refractivity contribution < 1.29 is 18.0 Å². The standard InChI is InChI=1S/C25H18ClF3N8O/c26-23-16(2-1-5-31-23)10-21(38)37-7-4-15-8-17(9-18(11-30)22(15)37)20-3-6-32-24(35-20)34-19-12-33-36(13-19)14-25(27,28)29/h1-3,5-6,8-9,12-13H,4,7,10,14H2,(H,32,34,35). The summed E-state index contributed by atoms with van der Waals surface area (Å²) in [5.74, 6) is -0.0410. The molecule has 0 bridgehead atoms. The van der Waals surface area contributed by atoms with Crippen LogP contribution in [-0.2, 0) is 24.2 Å². The van der Waals surface area contributed by atoms with Crippen molar-refractivity contribution in [2.24, 2.45) is 0 Å². The lowest BCUT2D eigenvalue weighted by atomic mass is 10.0. The maximum absolute atomic E-state index is 13.1. The van der Waals surface area contributed by atoms with Crippen molar-refractivity contribution >= 4 is 34.8 Å². The van der Waals surface area contributed by atoms with Gasteiger partial charge in [-0.25, -0.2) is 15.0 Å². The molecule has 38 heavy (non-hydrogen) atoms. The van der Waals surface area contributed by atoms with Crippen molar-refractivity contribution in [1.82, 2.24) is 24.7 Å². The number of nitrogens with one attached hydrogen (secondary N) is 1. The normalized spacial score (nSPS) is 12.8. The summed E-state index contributed by atoms with van der Waals surface area (Å²) in [5.41, 5.74) is 3.74. The van der Waals surface area contributed by atoms with Gasteiger partial charge < -0.3 is 10.2 Å². The number of fused-ring (bicyclic) bond motifs is 1. The number of rotatable bonds is 6. The van der Waals surface area contributed by atoms with Crippen LogP contribution in [0.15, 0.2) is 55.1 Å². The van der Waals surface area contributed by atoms with E-state index < -0.39 is 12.7 Å². The average molecular weight is 539 g/mol. The number of aromatic nitrogens is 5. The van der Waals surface area contributed by atoms with E-state index in [2.05, 4.69) is 31.4 Å². The molecule has 5 rings (SSSR count). The second-order valence-corrected chi connectivity index (χ2v) is 8.86. The molecular formula is C25H18ClF3N8O. The van der Waals surface area contributed by atoms with E-state index >= 15 is 0 Å². The molecule has 0 fully saturated rings. The van der Waals surface area contributed by atoms with E-state index in [-0.39, 0.29) is 23.4 Å². The van der Waals surface area contributed by atoms with Crippen molar-refractivity contribution in [1.29, 1.82) is 5.26 Å². The Labute approximate surface area is 219 Å². The predicted molar refractivity (Wildman–Crippen MR) is 133 cm³/mol. The number of alkyl halides is 3. The van der Waals surface area contributed by atoms with Crippen LogP contribution < -0.4 is 10.2 Å². The average Bonchev–Trinajstić information content (AvgIpc) is 3.50. The van der Waals surface area contributed by atoms with Crippen LogP contribution in [0.2, 0.25) is 5.15 Å². The fourth-order valence-electron chi connectivity index (χ4n) is 4.25. The minimum absolute atomic E-state index is 0.0548. The van der Waals surface area contributed by atoms with Crippen LogP contribution in [0, 0.1) is 11.3 Å². The molecule has 0 saturated carbocycles. The first-order valence-corrected chi connectivity index (χ1v) is 11.7. The monoisotopic (exact) mass is 538 g/mol. The molecule has 3 aromatic heterocycles. The number of halogens is 4. The Hall–Kier alpha value is -4.50. The molecule has 0 spiro atoms. The molecule has 0 radical (unpaired) electrons. The van der Waals surface area contributed by atoms with Crippen LogP contribution in [0.5, 0.6) is 0 Å². The highest BCUT2D eigenvalue weighted by molar-refractivity contribution is 6.30. The molecule has 0 saturated heterocycles. The molecule has 1 aromatic carbocycles. The lowest BCUT2D eigenvalue weighted by molar-refractivity contribution is -0.142. The van der Waals surface area contributed by atoms with Crippen LogP contribution in [-0.4, -0.2) is 43.4 Å². The molecule has 1 amide bonds. The lowest BCUT2D eigenvalue weighted by Crippen LogP contribution is -2.31. The molecule has 4 aromatic rings. The summed E-state index contributed by atoms with van der Waals surface area (Å²) in [6.45, 7) is -0.793. The van der Waals surface area contributed by atoms with Gasteiger partial charge in [0.25, 0.3) is 0 Å². The summed E-state index contributed by atoms with van der Waals surface area (Å²) >= 11 is 6.11. The van der Waals surface area contributed by atoms with E-state index in [1.807, 2.05) is 6.07 Å². The molecule has 0 atom stereocenters. The Morgan fingerprint density at radius 2 is 2.05 bits per heavy atom. The fourth-order valence-corrected chi connectivity index (χ4v) is 4.43. The van der Waals surface area contributed by atoms with E-state index in [0.29, 0.717) is 46.7 Å². The molecule has 1 aliphatic heterocycles. The number of nitrogens with zero attached hydrogens (tertiary/aromatic N) is 7. The van der Waals surface area contributed by atoms with E-state index in [1.165, 1.54) is 18.6 Å². The third-order valence-corrected chi connectivity index (χ3v) is 6.19. The lowest BCUT2D eigenvalue weighted by Gasteiger charge is -2.19. The summed E-state index contributed by atoms with van der Waals surface area (Å²) in [4.78, 5) is 27.3. The molecule has 0 aliphatic carbocycles. The number of carbonyl (C=O) groups is 1. The molecule has 1 aliphatic rings. The number of amides is 1. The third kappa shape index (κ3) is 5.42. The topological polar surface area (TPSA) is 113 Å². The van der Waals surface area contributed by atoms with Gasteiger partial charge in [-0.05, 0) is 41.8 Å². The van der Waals surface area contributed by atoms with Crippen LogP contribution in [0.25, 0.3) is 11.3 Å². The van der Waals surface area contributed by atoms with Gasteiger partial charge in [-0.15, -0.1) is 0 Å². The number of pyridine rings is 1. The molecule has 13 heteroatoms. The van der Waals surface area contributed by atoms with Gasteiger partial charge in [0, 0.05) is 30.7 Å². The van der Waals surface area contributed by atoms with Crippen molar-refractivity contribution in [2.45, 2.75) is 25.6 Å². The van der Waals surface area contributed by atoms with Gasteiger partial charge in [0.2, 0.25) is 11.9 Å². The maximum atomic E-state index is 13.1. The van der Waals surface area contributed by atoms with Crippen LogP contribution in [0.4, 0.5) is 30.5 Å². The molecule has 1 N–H and O–H groups in total. The zero-order valence-corrected chi connectivity index (χ0v) is 20.3. The Bertz CT molecular complexity index is 1560. The van der Waals surface area contributed by atoms with Crippen LogP contribution >= 0.6 is 11.6 Å². The highest BCUT2D eigenvalue weighted by Gasteiger charge is 2.30. The molecule has 0 unspecified atom stereocenters. The second kappa shape index (κ2) is 10.1. The fraction of sp³-hybridized carbons (Fsp3) is 0.200. The number of hydrogen-bond acceptors (Lipinski definition) is 7. The molecular weight excluding hydrogens is 521 g/mol. The number of nitriles is 1. The van der Waals surface area contributed by atoms with Gasteiger partial charge in [0.05, 0.1) is 35.2 Å². The SMILES string of the molecule is N#Cc1cc(-c2ccnc(Nc3cnn(CC(F)(F)F)c3)n2)cc2c1N(C(=O)Cc1cccnc1Cl)CC2. The smallest absolute Gasteiger partial charge is 0.321 e. The van der Waals surface area contributed by atoms with Crippen LogP contribution in [0.1, 0.15) is 16.7 Å². The number of hydrogen-bond donors (Lipinski definition) is 1. The highest BCUT2D eigenvalue weighted by Crippen LogP contribution is 2.36. The zero-order valence-electron chi connectivity index (χ0n) is 19.6. The summed E-state index contributed by atoms with van der Waals surface area (Å²) in [7, 11) is 0. The Balaban J connectivity index is 1.38. The Morgan fingerprint density at radius 1 is 1.21 bits per heavy atom. The largest absolute Gasteiger partial charge is 0.408 e. The molecule has 9 nitrogen and oxygen atoms in total. The van der Waals surface area contributed by atoms with Crippen molar-refractivity contribution in [3.05, 3.63) is 77.0 Å². The van der Waals surface area contributed by atoms with Crippen molar-refractivity contribution in [3.8, 4) is 17.3 Å². The third-order valence-electron chi connectivity index (χ3n) is 5.85. The van der Waals surface area contributed by atoms with Gasteiger partial charge in [0.1, 0.15) is 17.8 Å². The molecule has 192 valence electrons. The first-order chi connectivity index (χ1) is 18.2. The Morgan fingerprint density at radius 3 is 2.82 bits per heavy atom. The maximum Gasteiger partial charge on any atom is 0.408 e. The number of carbonyl (C=O) groups excluding carboxylic acids is 1. The van der Waals surface area contributed by atoms with Crippen LogP contribution in [0.3, 0.4) is 0 Å². The van der Waals surface area contributed by atoms with E-state index in [1.54, 1.807) is 35.4 Å². The van der Waals surface area contributed by atoms with E-state index in [4.69, 9.17) is 11.6 Å². The first-order valence-electron chi connectivity index (χ1n) is 11.4. The number of anilines is 3. The first kappa shape index (κ1) is 25.2. The van der Waals surface area contributed by atoms with Crippen molar-refractivity contribution in [3.63, 3.8) is 0 Å². The van der Waals surface area contributed by atoms with Gasteiger partial charge in [-0.1, -0.05) is 17.7 Å². The zero-order chi connectivity index (χ0) is 26.9. The summed E-state index contributed by atoms with van der Waals surface area (Å²) in [5, 5.41) is 16.7. The minimum Gasteiger partial charge on any atom is -0.321 e. The van der Waals surface area contributed by atoms with Gasteiger partial charge >= 0.3 is 6.18 Å². The Kier molecular flexibility index (Phi) is 6.69. The molecule has 4 heterocycles. The summed E-state index contributed by atoms with van der Waals surface area (Å²) in [6.07, 6.45) is 1.71. The summed E-state index contributed by atoms with van der Waals surface area (Å²) in [6, 6.07) is 10.8. The predicted octanol–water partition coefficient (Wildman–Crippen LogP) is 4.70. The summed E-state index contributed by atoms with van der Waals surface area (Å²) < 4.78 is 38.6. The van der Waals surface area contributed by atoms with E-state index in [9.17, 15) is 23.2 Å².